The molecule has 0 aromatic heterocycles. The Morgan fingerprint density at radius 2 is 1.84 bits per heavy atom. The fourth-order valence-electron chi connectivity index (χ4n) is 3.28. The molecule has 3 atom stereocenters. The molecule has 0 aliphatic heterocycles. The Morgan fingerprint density at radius 3 is 2.42 bits per heavy atom. The Labute approximate surface area is 125 Å². The molecule has 0 radical (unpaired) electrons. The molecule has 19 heavy (non-hydrogen) atoms. The highest BCUT2D eigenvalue weighted by Gasteiger charge is 2.31. The third-order valence-electron chi connectivity index (χ3n) is 4.36. The van der Waals surface area contributed by atoms with Crippen LogP contribution in [-0.4, -0.2) is 23.1 Å². The fraction of sp³-hybridized carbons (Fsp3) is 1.00. The van der Waals surface area contributed by atoms with E-state index >= 15 is 0 Å². The minimum atomic E-state index is 0.391. The van der Waals surface area contributed by atoms with Gasteiger partial charge in [0.15, 0.2) is 0 Å². The lowest BCUT2D eigenvalue weighted by Gasteiger charge is -2.38. The van der Waals surface area contributed by atoms with Gasteiger partial charge in [0.05, 0.1) is 0 Å². The van der Waals surface area contributed by atoms with E-state index in [0.29, 0.717) is 4.75 Å². The summed E-state index contributed by atoms with van der Waals surface area (Å²) in [5, 5.41) is 3.86. The zero-order chi connectivity index (χ0) is 14.3. The van der Waals surface area contributed by atoms with Crippen molar-refractivity contribution in [3.05, 3.63) is 0 Å². The second kappa shape index (κ2) is 8.56. The zero-order valence-corrected chi connectivity index (χ0v) is 14.6. The predicted octanol–water partition coefficient (Wildman–Crippen LogP) is 5.10. The molecule has 1 N–H and O–H groups in total. The molecule has 0 aromatic carbocycles. The summed E-state index contributed by atoms with van der Waals surface area (Å²) in [6.07, 6.45) is 8.44. The minimum absolute atomic E-state index is 0.391. The molecular formula is C17H35NS. The Morgan fingerprint density at radius 1 is 1.16 bits per heavy atom. The largest absolute Gasteiger partial charge is 0.313 e. The van der Waals surface area contributed by atoms with Gasteiger partial charge in [-0.15, -0.1) is 0 Å². The van der Waals surface area contributed by atoms with Crippen LogP contribution in [0.3, 0.4) is 0 Å². The van der Waals surface area contributed by atoms with E-state index in [1.165, 1.54) is 50.8 Å². The lowest BCUT2D eigenvalue weighted by Crippen LogP contribution is -2.43. The number of hydrogen-bond donors (Lipinski definition) is 1. The molecule has 0 aromatic rings. The third-order valence-corrected chi connectivity index (χ3v) is 5.75. The van der Waals surface area contributed by atoms with Gasteiger partial charge in [-0.1, -0.05) is 60.3 Å². The Balaban J connectivity index is 2.59. The van der Waals surface area contributed by atoms with Gasteiger partial charge < -0.3 is 5.32 Å². The van der Waals surface area contributed by atoms with Crippen LogP contribution in [0.5, 0.6) is 0 Å². The van der Waals surface area contributed by atoms with Gasteiger partial charge in [-0.2, -0.15) is 11.8 Å². The molecule has 0 heterocycles. The smallest absolute Gasteiger partial charge is 0.0189 e. The van der Waals surface area contributed by atoms with Crippen LogP contribution >= 0.6 is 11.8 Å². The molecule has 1 nitrogen and oxygen atoms in total. The number of nitrogens with one attached hydrogen (secondary N) is 1. The van der Waals surface area contributed by atoms with E-state index in [2.05, 4.69) is 51.7 Å². The maximum atomic E-state index is 3.86. The van der Waals surface area contributed by atoms with Crippen molar-refractivity contribution in [3.63, 3.8) is 0 Å². The van der Waals surface area contributed by atoms with Gasteiger partial charge in [-0.3, -0.25) is 0 Å². The molecule has 1 aliphatic carbocycles. The molecule has 1 saturated carbocycles. The average molecular weight is 286 g/mol. The van der Waals surface area contributed by atoms with E-state index in [1.54, 1.807) is 0 Å². The number of hydrogen-bond acceptors (Lipinski definition) is 2. The monoisotopic (exact) mass is 285 g/mol. The summed E-state index contributed by atoms with van der Waals surface area (Å²) in [7, 11) is 0. The van der Waals surface area contributed by atoms with Crippen LogP contribution in [0.4, 0.5) is 0 Å². The lowest BCUT2D eigenvalue weighted by atomic mass is 9.74. The zero-order valence-electron chi connectivity index (χ0n) is 13.8. The summed E-state index contributed by atoms with van der Waals surface area (Å²) in [6.45, 7) is 12.9. The van der Waals surface area contributed by atoms with Crippen LogP contribution < -0.4 is 5.32 Å². The first-order valence-electron chi connectivity index (χ1n) is 8.35. The first-order chi connectivity index (χ1) is 8.98. The second-order valence-corrected chi connectivity index (χ2v) is 8.95. The minimum Gasteiger partial charge on any atom is -0.313 e. The summed E-state index contributed by atoms with van der Waals surface area (Å²) in [5.74, 6) is 3.16. The van der Waals surface area contributed by atoms with E-state index < -0.39 is 0 Å². The molecule has 0 spiro atoms. The molecule has 114 valence electrons. The molecule has 0 saturated heterocycles. The molecule has 1 rings (SSSR count). The SMILES string of the molecule is CCCNC(CSC(C)(C)C)C1CCCCC1CC. The van der Waals surface area contributed by atoms with Crippen molar-refractivity contribution in [2.75, 3.05) is 12.3 Å². The van der Waals surface area contributed by atoms with Crippen molar-refractivity contribution in [1.82, 2.24) is 5.32 Å². The van der Waals surface area contributed by atoms with Gasteiger partial charge in [-0.25, -0.2) is 0 Å². The standard InChI is InChI=1S/C17H35NS/c1-6-12-18-16(13-19-17(3,4)5)15-11-9-8-10-14(15)7-2/h14-16,18H,6-13H2,1-5H3. The van der Waals surface area contributed by atoms with Crippen LogP contribution in [0.2, 0.25) is 0 Å². The molecule has 2 heteroatoms. The maximum Gasteiger partial charge on any atom is 0.0189 e. The normalized spacial score (nSPS) is 26.4. The summed E-state index contributed by atoms with van der Waals surface area (Å²) < 4.78 is 0.391. The van der Waals surface area contributed by atoms with Crippen LogP contribution in [0.1, 0.15) is 73.1 Å². The molecule has 0 amide bonds. The highest BCUT2D eigenvalue weighted by atomic mass is 32.2. The molecule has 1 fully saturated rings. The van der Waals surface area contributed by atoms with E-state index in [9.17, 15) is 0 Å². The fourth-order valence-corrected chi connectivity index (χ4v) is 4.32. The van der Waals surface area contributed by atoms with Gasteiger partial charge in [0.25, 0.3) is 0 Å². The average Bonchev–Trinajstić information content (AvgIpc) is 2.38. The summed E-state index contributed by atoms with van der Waals surface area (Å²) in [5.41, 5.74) is 0. The third kappa shape index (κ3) is 6.53. The van der Waals surface area contributed by atoms with Crippen molar-refractivity contribution in [2.24, 2.45) is 11.8 Å². The highest BCUT2D eigenvalue weighted by Crippen LogP contribution is 2.36. The van der Waals surface area contributed by atoms with Gasteiger partial charge in [0, 0.05) is 16.5 Å². The van der Waals surface area contributed by atoms with Crippen LogP contribution in [-0.2, 0) is 0 Å². The molecule has 1 aliphatic rings. The summed E-state index contributed by atoms with van der Waals surface area (Å²) >= 11 is 2.14. The predicted molar refractivity (Wildman–Crippen MR) is 90.0 cm³/mol. The van der Waals surface area contributed by atoms with E-state index in [0.717, 1.165) is 17.9 Å². The van der Waals surface area contributed by atoms with E-state index in [1.807, 2.05) is 0 Å². The molecule has 3 unspecified atom stereocenters. The quantitative estimate of drug-likeness (QED) is 0.698. The van der Waals surface area contributed by atoms with Gasteiger partial charge in [0.1, 0.15) is 0 Å². The van der Waals surface area contributed by atoms with Crippen LogP contribution in [0.25, 0.3) is 0 Å². The van der Waals surface area contributed by atoms with Gasteiger partial charge in [-0.05, 0) is 31.2 Å². The summed E-state index contributed by atoms with van der Waals surface area (Å²) in [6, 6.07) is 0.731. The van der Waals surface area contributed by atoms with Crippen molar-refractivity contribution in [3.8, 4) is 0 Å². The molecular weight excluding hydrogens is 250 g/mol. The first kappa shape index (κ1) is 17.4. The first-order valence-corrected chi connectivity index (χ1v) is 9.33. The van der Waals surface area contributed by atoms with E-state index in [-0.39, 0.29) is 0 Å². The lowest BCUT2D eigenvalue weighted by molar-refractivity contribution is 0.185. The molecule has 0 bridgehead atoms. The van der Waals surface area contributed by atoms with Crippen molar-refractivity contribution in [2.45, 2.75) is 83.9 Å². The Bertz CT molecular complexity index is 234. The number of rotatable bonds is 7. The second-order valence-electron chi connectivity index (χ2n) is 7.10. The summed E-state index contributed by atoms with van der Waals surface area (Å²) in [4.78, 5) is 0. The number of thioether (sulfide) groups is 1. The van der Waals surface area contributed by atoms with Crippen molar-refractivity contribution in [1.29, 1.82) is 0 Å². The maximum absolute atomic E-state index is 3.86. The highest BCUT2D eigenvalue weighted by molar-refractivity contribution is 8.00. The Hall–Kier alpha value is 0.310. The van der Waals surface area contributed by atoms with Crippen molar-refractivity contribution >= 4 is 11.8 Å². The van der Waals surface area contributed by atoms with Crippen LogP contribution in [0, 0.1) is 11.8 Å². The van der Waals surface area contributed by atoms with Gasteiger partial charge >= 0.3 is 0 Å². The Kier molecular flexibility index (Phi) is 7.83. The topological polar surface area (TPSA) is 12.0 Å². The van der Waals surface area contributed by atoms with Gasteiger partial charge in [0.2, 0.25) is 0 Å². The van der Waals surface area contributed by atoms with Crippen LogP contribution in [0.15, 0.2) is 0 Å². The van der Waals surface area contributed by atoms with Crippen molar-refractivity contribution < 1.29 is 0 Å². The van der Waals surface area contributed by atoms with E-state index in [4.69, 9.17) is 0 Å².